The first-order chi connectivity index (χ1) is 12.5. The monoisotopic (exact) mass is 378 g/mol. The molecule has 0 fully saturated rings. The van der Waals surface area contributed by atoms with Crippen LogP contribution in [0.1, 0.15) is 15.2 Å². The largest absolute Gasteiger partial charge is 0.493 e. The third-order valence-corrected chi connectivity index (χ3v) is 4.53. The van der Waals surface area contributed by atoms with E-state index in [1.54, 1.807) is 31.3 Å². The molecule has 0 aliphatic heterocycles. The average Bonchev–Trinajstić information content (AvgIpc) is 3.19. The molecule has 0 atom stereocenters. The first-order valence-electron chi connectivity index (χ1n) is 7.84. The minimum atomic E-state index is -0.258. The molecule has 0 aliphatic carbocycles. The summed E-state index contributed by atoms with van der Waals surface area (Å²) in [6.07, 6.45) is 0. The van der Waals surface area contributed by atoms with Crippen molar-refractivity contribution in [1.29, 1.82) is 0 Å². The van der Waals surface area contributed by atoms with Crippen LogP contribution in [0, 0.1) is 0 Å². The zero-order chi connectivity index (χ0) is 19.1. The van der Waals surface area contributed by atoms with Crippen molar-refractivity contribution in [2.45, 2.75) is 6.54 Å². The highest BCUT2D eigenvalue weighted by Crippen LogP contribution is 2.38. The molecule has 0 bridgehead atoms. The van der Waals surface area contributed by atoms with Crippen LogP contribution in [0.4, 0.5) is 0 Å². The van der Waals surface area contributed by atoms with Crippen molar-refractivity contribution in [2.24, 2.45) is 0 Å². The second-order valence-corrected chi connectivity index (χ2v) is 6.40. The number of methoxy groups -OCH3 is 3. The van der Waals surface area contributed by atoms with Gasteiger partial charge in [0.25, 0.3) is 5.91 Å². The summed E-state index contributed by atoms with van der Waals surface area (Å²) in [4.78, 5) is 26.3. The van der Waals surface area contributed by atoms with Crippen molar-refractivity contribution in [1.82, 2.24) is 10.2 Å². The van der Waals surface area contributed by atoms with Crippen LogP contribution in [0.2, 0.25) is 0 Å². The predicted octanol–water partition coefficient (Wildman–Crippen LogP) is 2.16. The zero-order valence-corrected chi connectivity index (χ0v) is 16.0. The molecular formula is C18H22N2O5S. The third-order valence-electron chi connectivity index (χ3n) is 3.67. The molecule has 1 aromatic carbocycles. The lowest BCUT2D eigenvalue weighted by atomic mass is 10.1. The van der Waals surface area contributed by atoms with Crippen molar-refractivity contribution < 1.29 is 23.8 Å². The molecule has 0 aliphatic rings. The number of hydrogen-bond donors (Lipinski definition) is 1. The van der Waals surface area contributed by atoms with Crippen LogP contribution in [0.15, 0.2) is 29.6 Å². The van der Waals surface area contributed by atoms with E-state index in [9.17, 15) is 9.59 Å². The summed E-state index contributed by atoms with van der Waals surface area (Å²) in [5.74, 6) is 1.09. The molecule has 1 heterocycles. The van der Waals surface area contributed by atoms with E-state index >= 15 is 0 Å². The Balaban J connectivity index is 1.97. The maximum absolute atomic E-state index is 12.2. The molecule has 1 aromatic heterocycles. The summed E-state index contributed by atoms with van der Waals surface area (Å²) in [7, 11) is 6.19. The van der Waals surface area contributed by atoms with E-state index in [1.807, 2.05) is 5.38 Å². The molecule has 0 saturated carbocycles. The molecule has 140 valence electrons. The number of thiophene rings is 1. The highest BCUT2D eigenvalue weighted by molar-refractivity contribution is 7.12. The second kappa shape index (κ2) is 9.10. The number of benzene rings is 1. The highest BCUT2D eigenvalue weighted by Gasteiger charge is 2.17. The maximum Gasteiger partial charge on any atom is 0.264 e. The predicted molar refractivity (Wildman–Crippen MR) is 99.2 cm³/mol. The van der Waals surface area contributed by atoms with Crippen molar-refractivity contribution in [3.05, 3.63) is 40.1 Å². The Morgan fingerprint density at radius 2 is 1.77 bits per heavy atom. The molecule has 26 heavy (non-hydrogen) atoms. The van der Waals surface area contributed by atoms with Crippen molar-refractivity contribution in [3.63, 3.8) is 0 Å². The second-order valence-electron chi connectivity index (χ2n) is 5.45. The zero-order valence-electron chi connectivity index (χ0n) is 15.2. The van der Waals surface area contributed by atoms with Crippen molar-refractivity contribution in [2.75, 3.05) is 34.9 Å². The van der Waals surface area contributed by atoms with Gasteiger partial charge in [0, 0.05) is 13.6 Å². The Morgan fingerprint density at radius 1 is 1.12 bits per heavy atom. The molecule has 0 spiro atoms. The Morgan fingerprint density at radius 3 is 2.27 bits per heavy atom. The van der Waals surface area contributed by atoms with E-state index in [0.717, 1.165) is 5.56 Å². The lowest BCUT2D eigenvalue weighted by Gasteiger charge is -2.17. The van der Waals surface area contributed by atoms with Gasteiger partial charge in [-0.15, -0.1) is 11.3 Å². The molecule has 0 unspecified atom stereocenters. The smallest absolute Gasteiger partial charge is 0.264 e. The molecular weight excluding hydrogens is 356 g/mol. The van der Waals surface area contributed by atoms with Crippen molar-refractivity contribution in [3.8, 4) is 17.2 Å². The molecule has 0 saturated heterocycles. The third kappa shape index (κ3) is 4.66. The van der Waals surface area contributed by atoms with Crippen molar-refractivity contribution >= 4 is 23.2 Å². The van der Waals surface area contributed by atoms with Gasteiger partial charge in [-0.3, -0.25) is 9.59 Å². The lowest BCUT2D eigenvalue weighted by Crippen LogP contribution is -2.37. The van der Waals surface area contributed by atoms with Crippen LogP contribution in [0.5, 0.6) is 17.2 Å². The van der Waals surface area contributed by atoms with Crippen LogP contribution in [-0.2, 0) is 11.3 Å². The molecule has 0 radical (unpaired) electrons. The van der Waals surface area contributed by atoms with Gasteiger partial charge < -0.3 is 24.4 Å². The Labute approximate surface area is 156 Å². The van der Waals surface area contributed by atoms with Gasteiger partial charge in [-0.2, -0.15) is 0 Å². The van der Waals surface area contributed by atoms with Gasteiger partial charge in [0.1, 0.15) is 0 Å². The fourth-order valence-corrected chi connectivity index (χ4v) is 3.09. The summed E-state index contributed by atoms with van der Waals surface area (Å²) in [6, 6.07) is 7.07. The summed E-state index contributed by atoms with van der Waals surface area (Å²) in [6.45, 7) is 0.248. The Hall–Kier alpha value is -2.74. The molecule has 7 nitrogen and oxygen atoms in total. The van der Waals surface area contributed by atoms with E-state index < -0.39 is 0 Å². The minimum absolute atomic E-state index is 0.0266. The maximum atomic E-state index is 12.2. The number of nitrogens with zero attached hydrogens (tertiary/aromatic N) is 1. The van der Waals surface area contributed by atoms with Gasteiger partial charge in [0.15, 0.2) is 11.5 Å². The Bertz CT molecular complexity index is 736. The number of carbonyl (C=O) groups is 2. The van der Waals surface area contributed by atoms with Crippen LogP contribution >= 0.6 is 11.3 Å². The first kappa shape index (κ1) is 19.6. The summed E-state index contributed by atoms with van der Waals surface area (Å²) >= 11 is 1.35. The first-order valence-corrected chi connectivity index (χ1v) is 8.72. The van der Waals surface area contributed by atoms with Crippen LogP contribution < -0.4 is 19.5 Å². The normalized spacial score (nSPS) is 10.2. The number of rotatable bonds is 8. The van der Waals surface area contributed by atoms with Gasteiger partial charge >= 0.3 is 0 Å². The van der Waals surface area contributed by atoms with E-state index in [2.05, 4.69) is 5.32 Å². The standard InChI is InChI=1S/C18H22N2O5S/c1-20(18(22)15-6-5-7-26-15)11-16(21)19-10-12-8-13(23-2)17(25-4)14(9-12)24-3/h5-9H,10-11H2,1-4H3,(H,19,21). The van der Waals surface area contributed by atoms with Gasteiger partial charge in [-0.25, -0.2) is 0 Å². The highest BCUT2D eigenvalue weighted by atomic mass is 32.1. The Kier molecular flexibility index (Phi) is 6.85. The minimum Gasteiger partial charge on any atom is -0.493 e. The number of carbonyl (C=O) groups excluding carboxylic acids is 2. The van der Waals surface area contributed by atoms with Gasteiger partial charge in [0.2, 0.25) is 11.7 Å². The number of nitrogens with one attached hydrogen (secondary N) is 1. The van der Waals surface area contributed by atoms with Gasteiger partial charge in [-0.1, -0.05) is 6.07 Å². The van der Waals surface area contributed by atoms with Gasteiger partial charge in [-0.05, 0) is 29.1 Å². The summed E-state index contributed by atoms with van der Waals surface area (Å²) in [5, 5.41) is 4.61. The quantitative estimate of drug-likeness (QED) is 0.762. The fraction of sp³-hybridized carbons (Fsp3) is 0.333. The van der Waals surface area contributed by atoms with E-state index in [4.69, 9.17) is 14.2 Å². The van der Waals surface area contributed by atoms with E-state index in [0.29, 0.717) is 22.1 Å². The molecule has 2 aromatic rings. The van der Waals surface area contributed by atoms with E-state index in [-0.39, 0.29) is 24.9 Å². The number of hydrogen-bond acceptors (Lipinski definition) is 6. The SMILES string of the molecule is COc1cc(CNC(=O)CN(C)C(=O)c2cccs2)cc(OC)c1OC. The van der Waals surface area contributed by atoms with E-state index in [1.165, 1.54) is 37.6 Å². The molecule has 2 rings (SSSR count). The lowest BCUT2D eigenvalue weighted by molar-refractivity contribution is -0.121. The topological polar surface area (TPSA) is 77.1 Å². The fourth-order valence-electron chi connectivity index (χ4n) is 2.37. The van der Waals surface area contributed by atoms with Gasteiger partial charge in [0.05, 0.1) is 32.8 Å². The molecule has 2 amide bonds. The number of ether oxygens (including phenoxy) is 3. The molecule has 8 heteroatoms. The van der Waals surface area contributed by atoms with Crippen LogP contribution in [0.3, 0.4) is 0 Å². The van der Waals surface area contributed by atoms with Crippen LogP contribution in [-0.4, -0.2) is 51.6 Å². The number of amides is 2. The summed E-state index contributed by atoms with van der Waals surface area (Å²) in [5.41, 5.74) is 0.792. The average molecular weight is 378 g/mol. The summed E-state index contributed by atoms with van der Waals surface area (Å²) < 4.78 is 15.9. The molecule has 1 N–H and O–H groups in total. The van der Waals surface area contributed by atoms with Crippen LogP contribution in [0.25, 0.3) is 0 Å². The number of likely N-dealkylation sites (N-methyl/N-ethyl adjacent to an activating group) is 1.